The maximum absolute atomic E-state index is 12.6. The Hall–Kier alpha value is -1.27. The van der Waals surface area contributed by atoms with Crippen LogP contribution in [0.2, 0.25) is 0 Å². The van der Waals surface area contributed by atoms with Crippen LogP contribution >= 0.6 is 0 Å². The molecule has 2 aliphatic carbocycles. The monoisotopic (exact) mass is 321 g/mol. The second-order valence-electron chi connectivity index (χ2n) is 6.58. The van der Waals surface area contributed by atoms with Gasteiger partial charge in [0.2, 0.25) is 5.91 Å². The normalized spacial score (nSPS) is 32.7. The SMILES string of the molecule is O=C(CC1CCC(C(F)(F)F)CC1)N[C@H]1CC[C@@H](C(=O)O)C1. The van der Waals surface area contributed by atoms with Crippen molar-refractivity contribution in [2.45, 2.75) is 63.6 Å². The van der Waals surface area contributed by atoms with E-state index in [2.05, 4.69) is 5.32 Å². The molecule has 22 heavy (non-hydrogen) atoms. The molecule has 2 fully saturated rings. The number of hydrogen-bond donors (Lipinski definition) is 2. The average Bonchev–Trinajstić information content (AvgIpc) is 2.86. The van der Waals surface area contributed by atoms with Crippen molar-refractivity contribution in [3.05, 3.63) is 0 Å². The van der Waals surface area contributed by atoms with Crippen molar-refractivity contribution in [1.82, 2.24) is 5.32 Å². The van der Waals surface area contributed by atoms with Crippen LogP contribution in [0.3, 0.4) is 0 Å². The van der Waals surface area contributed by atoms with Crippen LogP contribution in [0.15, 0.2) is 0 Å². The maximum atomic E-state index is 12.6. The maximum Gasteiger partial charge on any atom is 0.391 e. The van der Waals surface area contributed by atoms with Gasteiger partial charge in [0.25, 0.3) is 0 Å². The number of carboxylic acid groups (broad SMARTS) is 1. The molecule has 0 saturated heterocycles. The van der Waals surface area contributed by atoms with Gasteiger partial charge in [-0.15, -0.1) is 0 Å². The third-order valence-corrected chi connectivity index (χ3v) is 4.93. The molecule has 2 rings (SSSR count). The summed E-state index contributed by atoms with van der Waals surface area (Å²) < 4.78 is 37.7. The number of carbonyl (C=O) groups excluding carboxylic acids is 1. The summed E-state index contributed by atoms with van der Waals surface area (Å²) in [4.78, 5) is 22.8. The average molecular weight is 321 g/mol. The Morgan fingerprint density at radius 1 is 1.05 bits per heavy atom. The summed E-state index contributed by atoms with van der Waals surface area (Å²) in [6.07, 6.45) is -1.14. The first-order chi connectivity index (χ1) is 10.3. The molecular weight excluding hydrogens is 299 g/mol. The zero-order valence-corrected chi connectivity index (χ0v) is 12.4. The minimum absolute atomic E-state index is 0.00951. The first-order valence-electron chi connectivity index (χ1n) is 7.84. The summed E-state index contributed by atoms with van der Waals surface area (Å²) in [7, 11) is 0. The number of alkyl halides is 3. The van der Waals surface area contributed by atoms with E-state index in [9.17, 15) is 22.8 Å². The molecule has 0 aromatic heterocycles. The van der Waals surface area contributed by atoms with Gasteiger partial charge in [0.15, 0.2) is 0 Å². The first-order valence-corrected chi connectivity index (χ1v) is 7.84. The minimum Gasteiger partial charge on any atom is -0.481 e. The van der Waals surface area contributed by atoms with Crippen molar-refractivity contribution >= 4 is 11.9 Å². The first kappa shape index (κ1) is 17.1. The van der Waals surface area contributed by atoms with E-state index in [1.807, 2.05) is 0 Å². The number of rotatable bonds is 4. The van der Waals surface area contributed by atoms with E-state index in [1.165, 1.54) is 0 Å². The van der Waals surface area contributed by atoms with Crippen LogP contribution in [0.4, 0.5) is 13.2 Å². The molecule has 0 unspecified atom stereocenters. The van der Waals surface area contributed by atoms with Crippen LogP contribution < -0.4 is 5.32 Å². The van der Waals surface area contributed by atoms with Gasteiger partial charge in [-0.3, -0.25) is 9.59 Å². The number of nitrogens with one attached hydrogen (secondary N) is 1. The number of carbonyl (C=O) groups is 2. The molecule has 0 aromatic carbocycles. The standard InChI is InChI=1S/C15H22F3NO3/c16-15(17,18)11-4-1-9(2-5-11)7-13(20)19-12-6-3-10(8-12)14(21)22/h9-12H,1-8H2,(H,19,20)(H,21,22)/t9?,10-,11?,12+/m1/s1. The summed E-state index contributed by atoms with van der Waals surface area (Å²) in [5.41, 5.74) is 0. The van der Waals surface area contributed by atoms with Gasteiger partial charge in [0.05, 0.1) is 11.8 Å². The molecule has 1 amide bonds. The van der Waals surface area contributed by atoms with Gasteiger partial charge in [-0.1, -0.05) is 0 Å². The third-order valence-electron chi connectivity index (χ3n) is 4.93. The van der Waals surface area contributed by atoms with Gasteiger partial charge in [-0.25, -0.2) is 0 Å². The van der Waals surface area contributed by atoms with Crippen molar-refractivity contribution in [1.29, 1.82) is 0 Å². The van der Waals surface area contributed by atoms with Gasteiger partial charge < -0.3 is 10.4 Å². The Bertz CT molecular complexity index is 417. The van der Waals surface area contributed by atoms with Gasteiger partial charge in [-0.05, 0) is 50.9 Å². The Morgan fingerprint density at radius 3 is 2.18 bits per heavy atom. The predicted molar refractivity (Wildman–Crippen MR) is 73.0 cm³/mol. The number of carboxylic acids is 1. The van der Waals surface area contributed by atoms with E-state index in [-0.39, 0.29) is 37.1 Å². The molecule has 4 nitrogen and oxygen atoms in total. The van der Waals surface area contributed by atoms with Gasteiger partial charge in [0, 0.05) is 12.5 Å². The molecule has 0 heterocycles. The smallest absolute Gasteiger partial charge is 0.391 e. The van der Waals surface area contributed by atoms with Crippen molar-refractivity contribution in [3.8, 4) is 0 Å². The van der Waals surface area contributed by atoms with Crippen LogP contribution in [-0.2, 0) is 9.59 Å². The van der Waals surface area contributed by atoms with E-state index in [0.29, 0.717) is 32.1 Å². The summed E-state index contributed by atoms with van der Waals surface area (Å²) in [6, 6.07) is -0.111. The van der Waals surface area contributed by atoms with Gasteiger partial charge in [0.1, 0.15) is 0 Å². The second kappa shape index (κ2) is 6.87. The largest absolute Gasteiger partial charge is 0.481 e. The molecule has 126 valence electrons. The van der Waals surface area contributed by atoms with Crippen molar-refractivity contribution in [2.24, 2.45) is 17.8 Å². The third kappa shape index (κ3) is 4.61. The van der Waals surface area contributed by atoms with Crippen LogP contribution in [0.25, 0.3) is 0 Å². The zero-order valence-electron chi connectivity index (χ0n) is 12.4. The van der Waals surface area contributed by atoms with Gasteiger partial charge in [-0.2, -0.15) is 13.2 Å². The summed E-state index contributed by atoms with van der Waals surface area (Å²) in [5, 5.41) is 11.7. The summed E-state index contributed by atoms with van der Waals surface area (Å²) in [5.74, 6) is -2.60. The molecule has 2 N–H and O–H groups in total. The highest BCUT2D eigenvalue weighted by Gasteiger charge is 2.41. The van der Waals surface area contributed by atoms with Gasteiger partial charge >= 0.3 is 12.1 Å². The lowest BCUT2D eigenvalue weighted by atomic mass is 9.80. The number of hydrogen-bond acceptors (Lipinski definition) is 2. The van der Waals surface area contributed by atoms with E-state index < -0.39 is 24.0 Å². The highest BCUT2D eigenvalue weighted by atomic mass is 19.4. The quantitative estimate of drug-likeness (QED) is 0.836. The Balaban J connectivity index is 1.70. The predicted octanol–water partition coefficient (Wildman–Crippen LogP) is 3.11. The molecule has 0 aromatic rings. The lowest BCUT2D eigenvalue weighted by molar-refractivity contribution is -0.184. The fraction of sp³-hybridized carbons (Fsp3) is 0.867. The van der Waals surface area contributed by atoms with Crippen LogP contribution in [0.5, 0.6) is 0 Å². The number of amides is 1. The molecule has 2 saturated carbocycles. The van der Waals surface area contributed by atoms with Crippen molar-refractivity contribution < 1.29 is 27.9 Å². The molecule has 2 aliphatic rings. The zero-order chi connectivity index (χ0) is 16.3. The van der Waals surface area contributed by atoms with E-state index in [4.69, 9.17) is 5.11 Å². The molecule has 7 heteroatoms. The number of aliphatic carboxylic acids is 1. The highest BCUT2D eigenvalue weighted by molar-refractivity contribution is 5.77. The molecule has 0 aliphatic heterocycles. The Morgan fingerprint density at radius 2 is 1.68 bits per heavy atom. The van der Waals surface area contributed by atoms with Crippen molar-refractivity contribution in [3.63, 3.8) is 0 Å². The van der Waals surface area contributed by atoms with Crippen LogP contribution in [0, 0.1) is 17.8 Å². The topological polar surface area (TPSA) is 66.4 Å². The minimum atomic E-state index is -4.12. The highest BCUT2D eigenvalue weighted by Crippen LogP contribution is 2.40. The summed E-state index contributed by atoms with van der Waals surface area (Å²) in [6.45, 7) is 0. The lowest BCUT2D eigenvalue weighted by Gasteiger charge is -2.29. The number of halogens is 3. The fourth-order valence-corrected chi connectivity index (χ4v) is 3.58. The van der Waals surface area contributed by atoms with Crippen LogP contribution in [0.1, 0.15) is 51.4 Å². The van der Waals surface area contributed by atoms with Crippen molar-refractivity contribution in [2.75, 3.05) is 0 Å². The molecule has 0 spiro atoms. The fourth-order valence-electron chi connectivity index (χ4n) is 3.58. The Labute approximate surface area is 127 Å². The summed E-state index contributed by atoms with van der Waals surface area (Å²) >= 11 is 0. The van der Waals surface area contributed by atoms with Crippen LogP contribution in [-0.4, -0.2) is 29.2 Å². The van der Waals surface area contributed by atoms with E-state index in [1.54, 1.807) is 0 Å². The molecular formula is C15H22F3NO3. The van der Waals surface area contributed by atoms with E-state index >= 15 is 0 Å². The molecule has 2 atom stereocenters. The second-order valence-corrected chi connectivity index (χ2v) is 6.58. The molecule has 0 bridgehead atoms. The molecule has 0 radical (unpaired) electrons. The Kier molecular flexibility index (Phi) is 5.34. The van der Waals surface area contributed by atoms with E-state index in [0.717, 1.165) is 0 Å². The lowest BCUT2D eigenvalue weighted by Crippen LogP contribution is -2.35.